The Morgan fingerprint density at radius 3 is 2.50 bits per heavy atom. The molecular weight excluding hydrogens is 378 g/mol. The smallest absolute Gasteiger partial charge is 0.270 e. The first-order chi connectivity index (χ1) is 14.6. The maximum absolute atomic E-state index is 11.3. The Morgan fingerprint density at radius 2 is 1.73 bits per heavy atom. The fraction of sp³-hybridized carbons (Fsp3) is 0.0800. The van der Waals surface area contributed by atoms with Crippen LogP contribution in [0.15, 0.2) is 90.7 Å². The van der Waals surface area contributed by atoms with Crippen molar-refractivity contribution in [1.29, 1.82) is 0 Å². The predicted octanol–water partition coefficient (Wildman–Crippen LogP) is 6.22. The van der Waals surface area contributed by atoms with Gasteiger partial charge in [-0.2, -0.15) is 0 Å². The monoisotopic (exact) mass is 398 g/mol. The molecule has 3 aromatic carbocycles. The van der Waals surface area contributed by atoms with Crippen molar-refractivity contribution in [3.63, 3.8) is 0 Å². The number of nitrogens with zero attached hydrogens (tertiary/aromatic N) is 1. The van der Waals surface area contributed by atoms with Crippen molar-refractivity contribution >= 4 is 11.3 Å². The van der Waals surface area contributed by atoms with Crippen LogP contribution in [0.4, 0.5) is 5.69 Å². The van der Waals surface area contributed by atoms with E-state index in [1.165, 1.54) is 6.07 Å². The summed E-state index contributed by atoms with van der Waals surface area (Å²) in [6.45, 7) is 0. The first kappa shape index (κ1) is 19.5. The van der Waals surface area contributed by atoms with Crippen molar-refractivity contribution in [3.05, 3.63) is 113 Å². The van der Waals surface area contributed by atoms with Gasteiger partial charge in [-0.3, -0.25) is 10.1 Å². The Balaban J connectivity index is 1.74. The van der Waals surface area contributed by atoms with Gasteiger partial charge in [0.25, 0.3) is 5.69 Å². The third-order valence-corrected chi connectivity index (χ3v) is 4.84. The Hall–Kier alpha value is -3.86. The van der Waals surface area contributed by atoms with Gasteiger partial charge in [0.05, 0.1) is 12.0 Å². The number of non-ortho nitro benzene ring substituents is 1. The lowest BCUT2D eigenvalue weighted by Gasteiger charge is -2.18. The topological polar surface area (TPSA) is 61.6 Å². The van der Waals surface area contributed by atoms with Gasteiger partial charge in [-0.1, -0.05) is 36.4 Å². The summed E-state index contributed by atoms with van der Waals surface area (Å²) in [6.07, 6.45) is 6.85. The molecule has 5 heteroatoms. The molecule has 5 nitrogen and oxygen atoms in total. The molecule has 0 unspecified atom stereocenters. The minimum atomic E-state index is -0.385. The van der Waals surface area contributed by atoms with Gasteiger partial charge >= 0.3 is 0 Å². The summed E-state index contributed by atoms with van der Waals surface area (Å²) in [4.78, 5) is 10.9. The molecule has 0 saturated carbocycles. The molecular formula is C25H20NO4. The molecule has 0 bridgehead atoms. The number of rotatable bonds is 6. The Labute approximate surface area is 175 Å². The highest BCUT2D eigenvalue weighted by Gasteiger charge is 2.17. The molecule has 1 aliphatic rings. The van der Waals surface area contributed by atoms with Crippen molar-refractivity contribution in [2.24, 2.45) is 0 Å². The number of allylic oxidation sites excluding steroid dienone is 3. The molecule has 0 N–H and O–H groups in total. The molecule has 149 valence electrons. The highest BCUT2D eigenvalue weighted by Crippen LogP contribution is 2.37. The van der Waals surface area contributed by atoms with Gasteiger partial charge in [-0.25, -0.2) is 0 Å². The number of nitro groups is 1. The lowest BCUT2D eigenvalue weighted by atomic mass is 9.89. The summed E-state index contributed by atoms with van der Waals surface area (Å²) in [6, 6.07) is 22.0. The van der Waals surface area contributed by atoms with Crippen LogP contribution in [0.2, 0.25) is 0 Å². The SMILES string of the molecule is COc1ccc(C2=CC(Oc3ccccc3)=CC[CH]2)c(-c2cccc([N+](=O)[O-])c2)c1. The summed E-state index contributed by atoms with van der Waals surface area (Å²) in [5, 5.41) is 11.3. The minimum absolute atomic E-state index is 0.0517. The summed E-state index contributed by atoms with van der Waals surface area (Å²) in [7, 11) is 1.60. The zero-order chi connectivity index (χ0) is 20.9. The van der Waals surface area contributed by atoms with Crippen LogP contribution in [0.1, 0.15) is 12.0 Å². The average Bonchev–Trinajstić information content (AvgIpc) is 2.79. The number of hydrogen-bond donors (Lipinski definition) is 0. The van der Waals surface area contributed by atoms with Crippen molar-refractivity contribution in [2.75, 3.05) is 7.11 Å². The summed E-state index contributed by atoms with van der Waals surface area (Å²) in [5.41, 5.74) is 3.62. The molecule has 30 heavy (non-hydrogen) atoms. The summed E-state index contributed by atoms with van der Waals surface area (Å²) in [5.74, 6) is 2.22. The van der Waals surface area contributed by atoms with E-state index in [9.17, 15) is 10.1 Å². The van der Waals surface area contributed by atoms with Crippen molar-refractivity contribution in [1.82, 2.24) is 0 Å². The minimum Gasteiger partial charge on any atom is -0.497 e. The van der Waals surface area contributed by atoms with Crippen LogP contribution in [0.5, 0.6) is 11.5 Å². The zero-order valence-corrected chi connectivity index (χ0v) is 16.4. The number of benzene rings is 3. The third-order valence-electron chi connectivity index (χ3n) is 4.84. The number of ether oxygens (including phenoxy) is 2. The van der Waals surface area contributed by atoms with Crippen LogP contribution in [0.3, 0.4) is 0 Å². The van der Waals surface area contributed by atoms with E-state index in [1.54, 1.807) is 19.2 Å². The van der Waals surface area contributed by atoms with E-state index in [0.717, 1.165) is 40.2 Å². The molecule has 0 aromatic heterocycles. The number of para-hydroxylation sites is 1. The van der Waals surface area contributed by atoms with Gasteiger partial charge in [0, 0.05) is 12.1 Å². The standard InChI is InChI=1S/C25H20NO4/c1-29-22-13-14-24(25(17-22)18-7-5-9-20(15-18)26(27)28)19-8-6-12-23(16-19)30-21-10-3-2-4-11-21/h2-5,7-17H,6H2,1H3. The predicted molar refractivity (Wildman–Crippen MR) is 117 cm³/mol. The van der Waals surface area contributed by atoms with Crippen LogP contribution in [0.25, 0.3) is 16.7 Å². The molecule has 0 heterocycles. The molecule has 0 fully saturated rings. The lowest BCUT2D eigenvalue weighted by molar-refractivity contribution is -0.384. The highest BCUT2D eigenvalue weighted by atomic mass is 16.6. The Morgan fingerprint density at radius 1 is 0.900 bits per heavy atom. The zero-order valence-electron chi connectivity index (χ0n) is 16.4. The fourth-order valence-corrected chi connectivity index (χ4v) is 3.38. The second-order valence-corrected chi connectivity index (χ2v) is 6.78. The molecule has 1 radical (unpaired) electrons. The Kier molecular flexibility index (Phi) is 5.61. The van der Waals surface area contributed by atoms with Gasteiger partial charge in [0.2, 0.25) is 0 Å². The highest BCUT2D eigenvalue weighted by molar-refractivity contribution is 5.87. The van der Waals surface area contributed by atoms with Gasteiger partial charge in [-0.15, -0.1) is 0 Å². The number of methoxy groups -OCH3 is 1. The van der Waals surface area contributed by atoms with E-state index < -0.39 is 0 Å². The van der Waals surface area contributed by atoms with Gasteiger partial charge < -0.3 is 9.47 Å². The summed E-state index contributed by atoms with van der Waals surface area (Å²) >= 11 is 0. The van der Waals surface area contributed by atoms with Crippen molar-refractivity contribution < 1.29 is 14.4 Å². The van der Waals surface area contributed by atoms with Crippen LogP contribution in [-0.2, 0) is 0 Å². The Bertz CT molecular complexity index is 1130. The molecule has 0 amide bonds. The largest absolute Gasteiger partial charge is 0.497 e. The third kappa shape index (κ3) is 4.25. The van der Waals surface area contributed by atoms with E-state index in [-0.39, 0.29) is 10.6 Å². The van der Waals surface area contributed by atoms with E-state index in [1.807, 2.05) is 66.7 Å². The van der Waals surface area contributed by atoms with Crippen LogP contribution in [-0.4, -0.2) is 12.0 Å². The normalized spacial score (nSPS) is 13.2. The van der Waals surface area contributed by atoms with Crippen LogP contribution in [0, 0.1) is 16.5 Å². The second kappa shape index (κ2) is 8.66. The fourth-order valence-electron chi connectivity index (χ4n) is 3.38. The molecule has 0 saturated heterocycles. The number of nitro benzene ring substituents is 1. The van der Waals surface area contributed by atoms with Crippen LogP contribution < -0.4 is 9.47 Å². The van der Waals surface area contributed by atoms with Gasteiger partial charge in [-0.05, 0) is 71.5 Å². The second-order valence-electron chi connectivity index (χ2n) is 6.78. The quantitative estimate of drug-likeness (QED) is 0.365. The van der Waals surface area contributed by atoms with E-state index in [0.29, 0.717) is 5.75 Å². The number of hydrogen-bond acceptors (Lipinski definition) is 4. The molecule has 1 aliphatic carbocycles. The molecule has 4 rings (SSSR count). The van der Waals surface area contributed by atoms with E-state index >= 15 is 0 Å². The summed E-state index contributed by atoms with van der Waals surface area (Å²) < 4.78 is 11.4. The lowest BCUT2D eigenvalue weighted by Crippen LogP contribution is -2.01. The van der Waals surface area contributed by atoms with Crippen molar-refractivity contribution in [3.8, 4) is 22.6 Å². The molecule has 0 atom stereocenters. The first-order valence-electron chi connectivity index (χ1n) is 9.55. The maximum Gasteiger partial charge on any atom is 0.270 e. The average molecular weight is 398 g/mol. The van der Waals surface area contributed by atoms with E-state index in [4.69, 9.17) is 9.47 Å². The van der Waals surface area contributed by atoms with Gasteiger partial charge in [0.15, 0.2) is 0 Å². The van der Waals surface area contributed by atoms with E-state index in [2.05, 4.69) is 6.42 Å². The first-order valence-corrected chi connectivity index (χ1v) is 9.55. The van der Waals surface area contributed by atoms with Crippen LogP contribution >= 0.6 is 0 Å². The maximum atomic E-state index is 11.3. The van der Waals surface area contributed by atoms with Gasteiger partial charge in [0.1, 0.15) is 17.3 Å². The molecule has 0 aliphatic heterocycles. The van der Waals surface area contributed by atoms with Crippen molar-refractivity contribution in [2.45, 2.75) is 6.42 Å². The molecule has 3 aromatic rings. The molecule has 0 spiro atoms.